The first kappa shape index (κ1) is 9.34. The lowest BCUT2D eigenvalue weighted by atomic mass is 9.96. The van der Waals surface area contributed by atoms with Crippen molar-refractivity contribution in [3.8, 4) is 0 Å². The molecular weight excluding hydrogens is 194 g/mol. The smallest absolute Gasteiger partial charge is 0.0661 e. The number of pyridine rings is 1. The van der Waals surface area contributed by atoms with Crippen LogP contribution in [0.1, 0.15) is 22.4 Å². The molecule has 0 atom stereocenters. The molecule has 1 aliphatic rings. The van der Waals surface area contributed by atoms with Gasteiger partial charge in [-0.05, 0) is 41.7 Å². The zero-order valence-corrected chi connectivity index (χ0v) is 9.06. The van der Waals surface area contributed by atoms with Crippen molar-refractivity contribution in [3.63, 3.8) is 0 Å². The molecule has 0 aliphatic heterocycles. The maximum atomic E-state index is 4.41. The molecule has 0 radical (unpaired) electrons. The number of fused-ring (bicyclic) bond motifs is 2. The SMILES string of the molecule is C1=Cc2ncccc2CCc2ccccc21. The number of aryl methyl sites for hydroxylation is 2. The Morgan fingerprint density at radius 3 is 2.62 bits per heavy atom. The van der Waals surface area contributed by atoms with Crippen molar-refractivity contribution < 1.29 is 0 Å². The van der Waals surface area contributed by atoms with Crippen molar-refractivity contribution in [2.75, 3.05) is 0 Å². The monoisotopic (exact) mass is 207 g/mol. The highest BCUT2D eigenvalue weighted by Crippen LogP contribution is 2.20. The van der Waals surface area contributed by atoms with Gasteiger partial charge < -0.3 is 0 Å². The maximum absolute atomic E-state index is 4.41. The predicted molar refractivity (Wildman–Crippen MR) is 67.0 cm³/mol. The van der Waals surface area contributed by atoms with E-state index >= 15 is 0 Å². The average Bonchev–Trinajstić information content (AvgIpc) is 2.32. The van der Waals surface area contributed by atoms with Gasteiger partial charge in [0.1, 0.15) is 0 Å². The van der Waals surface area contributed by atoms with Crippen molar-refractivity contribution in [1.29, 1.82) is 0 Å². The lowest BCUT2D eigenvalue weighted by Crippen LogP contribution is -1.99. The fraction of sp³-hybridized carbons (Fsp3) is 0.133. The van der Waals surface area contributed by atoms with Crippen LogP contribution in [0.4, 0.5) is 0 Å². The Bertz CT molecular complexity index is 491. The summed E-state index contributed by atoms with van der Waals surface area (Å²) < 4.78 is 0. The molecular formula is C15H13N. The van der Waals surface area contributed by atoms with Crippen LogP contribution in [0.3, 0.4) is 0 Å². The largest absolute Gasteiger partial charge is 0.257 e. The van der Waals surface area contributed by atoms with Crippen LogP contribution in [-0.4, -0.2) is 4.98 Å². The van der Waals surface area contributed by atoms with Crippen molar-refractivity contribution in [1.82, 2.24) is 4.98 Å². The highest BCUT2D eigenvalue weighted by Gasteiger charge is 2.06. The Morgan fingerprint density at radius 1 is 0.812 bits per heavy atom. The molecule has 0 fully saturated rings. The minimum absolute atomic E-state index is 1.07. The summed E-state index contributed by atoms with van der Waals surface area (Å²) >= 11 is 0. The molecule has 0 saturated heterocycles. The van der Waals surface area contributed by atoms with Gasteiger partial charge >= 0.3 is 0 Å². The van der Waals surface area contributed by atoms with E-state index in [9.17, 15) is 0 Å². The molecule has 16 heavy (non-hydrogen) atoms. The summed E-state index contributed by atoms with van der Waals surface area (Å²) in [6.07, 6.45) is 8.31. The van der Waals surface area contributed by atoms with E-state index < -0.39 is 0 Å². The second-order valence-corrected chi connectivity index (χ2v) is 4.08. The summed E-state index contributed by atoms with van der Waals surface area (Å²) in [4.78, 5) is 4.41. The first-order valence-electron chi connectivity index (χ1n) is 5.63. The van der Waals surface area contributed by atoms with E-state index in [1.54, 1.807) is 0 Å². The summed E-state index contributed by atoms with van der Waals surface area (Å²) in [6, 6.07) is 12.8. The Balaban J connectivity index is 2.10. The topological polar surface area (TPSA) is 12.9 Å². The van der Waals surface area contributed by atoms with Crippen LogP contribution in [0.2, 0.25) is 0 Å². The standard InChI is InChI=1S/C15H13N/c1-2-5-13-9-10-15-14(6-3-11-16-15)8-7-12(13)4-1/h1-6,9-11H,7-8H2. The van der Waals surface area contributed by atoms with Crippen LogP contribution in [0, 0.1) is 0 Å². The number of aromatic nitrogens is 1. The quantitative estimate of drug-likeness (QED) is 0.645. The van der Waals surface area contributed by atoms with Crippen LogP contribution in [0.5, 0.6) is 0 Å². The van der Waals surface area contributed by atoms with Crippen LogP contribution in [-0.2, 0) is 12.8 Å². The summed E-state index contributed by atoms with van der Waals surface area (Å²) in [5.41, 5.74) is 5.19. The van der Waals surface area contributed by atoms with Crippen LogP contribution in [0.15, 0.2) is 42.6 Å². The molecule has 0 N–H and O–H groups in total. The van der Waals surface area contributed by atoms with Crippen molar-refractivity contribution in [2.24, 2.45) is 0 Å². The third kappa shape index (κ3) is 1.65. The number of hydrogen-bond acceptors (Lipinski definition) is 1. The minimum atomic E-state index is 1.07. The molecule has 1 aliphatic carbocycles. The van der Waals surface area contributed by atoms with Gasteiger partial charge in [-0.1, -0.05) is 36.4 Å². The molecule has 1 heteroatoms. The molecule has 0 spiro atoms. The fourth-order valence-electron chi connectivity index (χ4n) is 2.17. The average molecular weight is 207 g/mol. The van der Waals surface area contributed by atoms with E-state index in [-0.39, 0.29) is 0 Å². The highest BCUT2D eigenvalue weighted by atomic mass is 14.7. The molecule has 78 valence electrons. The Labute approximate surface area is 95.5 Å². The lowest BCUT2D eigenvalue weighted by molar-refractivity contribution is 0.940. The highest BCUT2D eigenvalue weighted by molar-refractivity contribution is 5.71. The number of rotatable bonds is 0. The molecule has 1 heterocycles. The first-order chi connectivity index (χ1) is 7.93. The van der Waals surface area contributed by atoms with E-state index in [4.69, 9.17) is 0 Å². The third-order valence-electron chi connectivity index (χ3n) is 3.07. The predicted octanol–water partition coefficient (Wildman–Crippen LogP) is 3.35. The van der Waals surface area contributed by atoms with Gasteiger partial charge in [-0.2, -0.15) is 0 Å². The van der Waals surface area contributed by atoms with Gasteiger partial charge in [0.15, 0.2) is 0 Å². The minimum Gasteiger partial charge on any atom is -0.257 e. The van der Waals surface area contributed by atoms with E-state index in [0.717, 1.165) is 18.5 Å². The fourth-order valence-corrected chi connectivity index (χ4v) is 2.17. The van der Waals surface area contributed by atoms with E-state index in [2.05, 4.69) is 47.5 Å². The van der Waals surface area contributed by atoms with Crippen molar-refractivity contribution in [3.05, 3.63) is 65.0 Å². The van der Waals surface area contributed by atoms with Crippen LogP contribution >= 0.6 is 0 Å². The second-order valence-electron chi connectivity index (χ2n) is 4.08. The van der Waals surface area contributed by atoms with Gasteiger partial charge in [0.05, 0.1) is 5.69 Å². The zero-order valence-electron chi connectivity index (χ0n) is 9.06. The molecule has 0 amide bonds. The molecule has 0 bridgehead atoms. The lowest BCUT2D eigenvalue weighted by Gasteiger charge is -2.11. The molecule has 0 unspecified atom stereocenters. The zero-order chi connectivity index (χ0) is 10.8. The van der Waals surface area contributed by atoms with Crippen LogP contribution < -0.4 is 0 Å². The van der Waals surface area contributed by atoms with Gasteiger partial charge in [0.25, 0.3) is 0 Å². The second kappa shape index (κ2) is 3.93. The molecule has 0 saturated carbocycles. The normalized spacial score (nSPS) is 13.5. The molecule has 1 aromatic carbocycles. The molecule has 2 aromatic rings. The summed E-state index contributed by atoms with van der Waals surface area (Å²) in [5, 5.41) is 0. The van der Waals surface area contributed by atoms with Crippen LogP contribution in [0.25, 0.3) is 12.2 Å². The van der Waals surface area contributed by atoms with Crippen molar-refractivity contribution in [2.45, 2.75) is 12.8 Å². The van der Waals surface area contributed by atoms with Gasteiger partial charge in [0, 0.05) is 6.20 Å². The van der Waals surface area contributed by atoms with Gasteiger partial charge in [-0.3, -0.25) is 4.98 Å². The third-order valence-corrected chi connectivity index (χ3v) is 3.07. The first-order valence-corrected chi connectivity index (χ1v) is 5.63. The number of nitrogens with zero attached hydrogens (tertiary/aromatic N) is 1. The Kier molecular flexibility index (Phi) is 2.30. The molecule has 3 rings (SSSR count). The van der Waals surface area contributed by atoms with Crippen molar-refractivity contribution >= 4 is 12.2 Å². The Hall–Kier alpha value is -1.89. The maximum Gasteiger partial charge on any atom is 0.0661 e. The van der Waals surface area contributed by atoms with E-state index in [0.29, 0.717) is 0 Å². The van der Waals surface area contributed by atoms with Gasteiger partial charge in [-0.15, -0.1) is 0 Å². The number of benzene rings is 1. The number of hydrogen-bond donors (Lipinski definition) is 0. The molecule has 1 aromatic heterocycles. The van der Waals surface area contributed by atoms with Gasteiger partial charge in [0.2, 0.25) is 0 Å². The van der Waals surface area contributed by atoms with E-state index in [1.165, 1.54) is 16.7 Å². The van der Waals surface area contributed by atoms with Gasteiger partial charge in [-0.25, -0.2) is 0 Å². The Morgan fingerprint density at radius 2 is 1.62 bits per heavy atom. The summed E-state index contributed by atoms with van der Waals surface area (Å²) in [5.74, 6) is 0. The summed E-state index contributed by atoms with van der Waals surface area (Å²) in [7, 11) is 0. The van der Waals surface area contributed by atoms with E-state index in [1.807, 2.05) is 12.3 Å². The molecule has 1 nitrogen and oxygen atoms in total. The summed E-state index contributed by atoms with van der Waals surface area (Å²) in [6.45, 7) is 0.